The molecule has 94 valence electrons. The zero-order valence-corrected chi connectivity index (χ0v) is 10.0. The zero-order valence-electron chi connectivity index (χ0n) is 10.0. The largest absolute Gasteiger partial charge is 0.391 e. The summed E-state index contributed by atoms with van der Waals surface area (Å²) in [5.41, 5.74) is 0. The van der Waals surface area contributed by atoms with Gasteiger partial charge < -0.3 is 20.5 Å². The van der Waals surface area contributed by atoms with Crippen molar-refractivity contribution in [1.29, 1.82) is 0 Å². The van der Waals surface area contributed by atoms with E-state index in [0.717, 1.165) is 13.0 Å². The summed E-state index contributed by atoms with van der Waals surface area (Å²) in [6.45, 7) is 6.18. The second-order valence-corrected chi connectivity index (χ2v) is 4.26. The summed E-state index contributed by atoms with van der Waals surface area (Å²) in [6.07, 6.45) is 0.00166. The van der Waals surface area contributed by atoms with Gasteiger partial charge in [0.1, 0.15) is 6.10 Å². The summed E-state index contributed by atoms with van der Waals surface area (Å²) in [5.74, 6) is 0.0558. The summed E-state index contributed by atoms with van der Waals surface area (Å²) in [5, 5.41) is 15.5. The molecule has 0 spiro atoms. The minimum Gasteiger partial charge on any atom is -0.391 e. The van der Waals surface area contributed by atoms with Crippen LogP contribution in [0.3, 0.4) is 0 Å². The summed E-state index contributed by atoms with van der Waals surface area (Å²) in [4.78, 5) is 11.6. The summed E-state index contributed by atoms with van der Waals surface area (Å²) in [6, 6.07) is 0. The van der Waals surface area contributed by atoms with Crippen molar-refractivity contribution >= 4 is 5.91 Å². The Labute approximate surface area is 96.6 Å². The molecule has 5 heteroatoms. The van der Waals surface area contributed by atoms with Crippen LogP contribution in [-0.4, -0.2) is 49.5 Å². The first-order chi connectivity index (χ1) is 7.65. The summed E-state index contributed by atoms with van der Waals surface area (Å²) < 4.78 is 5.30. The fraction of sp³-hybridized carbons (Fsp3) is 0.909. The maximum absolute atomic E-state index is 11.6. The number of rotatable bonds is 5. The number of hydrogen-bond acceptors (Lipinski definition) is 4. The van der Waals surface area contributed by atoms with E-state index in [-0.39, 0.29) is 11.8 Å². The maximum Gasteiger partial charge on any atom is 0.250 e. The normalized spacial score (nSPS) is 24.8. The topological polar surface area (TPSA) is 70.6 Å². The highest BCUT2D eigenvalue weighted by atomic mass is 16.5. The fourth-order valence-electron chi connectivity index (χ4n) is 1.53. The standard InChI is InChI=1S/C11H22N2O3/c1-3-8(2)9(14)6-13-11(15)10-7-12-4-5-16-10/h8-10,12,14H,3-7H2,1-2H3,(H,13,15). The van der Waals surface area contributed by atoms with Crippen LogP contribution in [0.5, 0.6) is 0 Å². The third-order valence-electron chi connectivity index (χ3n) is 3.01. The van der Waals surface area contributed by atoms with Gasteiger partial charge in [-0.2, -0.15) is 0 Å². The number of nitrogens with one attached hydrogen (secondary N) is 2. The zero-order chi connectivity index (χ0) is 12.0. The lowest BCUT2D eigenvalue weighted by atomic mass is 10.0. The summed E-state index contributed by atoms with van der Waals surface area (Å²) in [7, 11) is 0. The van der Waals surface area contributed by atoms with Gasteiger partial charge in [-0.1, -0.05) is 20.3 Å². The number of ether oxygens (including phenoxy) is 1. The average molecular weight is 230 g/mol. The van der Waals surface area contributed by atoms with Crippen LogP contribution in [0.2, 0.25) is 0 Å². The van der Waals surface area contributed by atoms with Gasteiger partial charge in [-0.15, -0.1) is 0 Å². The lowest BCUT2D eigenvalue weighted by Gasteiger charge is -2.24. The Kier molecular flexibility index (Phi) is 5.73. The van der Waals surface area contributed by atoms with Crippen molar-refractivity contribution in [1.82, 2.24) is 10.6 Å². The van der Waals surface area contributed by atoms with Crippen molar-refractivity contribution < 1.29 is 14.6 Å². The molecule has 1 saturated heterocycles. The van der Waals surface area contributed by atoms with Gasteiger partial charge >= 0.3 is 0 Å². The van der Waals surface area contributed by atoms with Gasteiger partial charge in [-0.05, 0) is 5.92 Å². The van der Waals surface area contributed by atoms with E-state index < -0.39 is 12.2 Å². The van der Waals surface area contributed by atoms with E-state index in [4.69, 9.17) is 4.74 Å². The minimum absolute atomic E-state index is 0.144. The molecule has 0 bridgehead atoms. The molecule has 3 atom stereocenters. The molecule has 1 aliphatic heterocycles. The van der Waals surface area contributed by atoms with Crippen molar-refractivity contribution in [3.8, 4) is 0 Å². The van der Waals surface area contributed by atoms with Crippen LogP contribution in [0.1, 0.15) is 20.3 Å². The molecular formula is C11H22N2O3. The highest BCUT2D eigenvalue weighted by Crippen LogP contribution is 2.06. The van der Waals surface area contributed by atoms with Gasteiger partial charge in [0.25, 0.3) is 5.91 Å². The molecule has 0 aromatic heterocycles. The van der Waals surface area contributed by atoms with Crippen LogP contribution in [0.4, 0.5) is 0 Å². The quantitative estimate of drug-likeness (QED) is 0.595. The van der Waals surface area contributed by atoms with E-state index in [9.17, 15) is 9.90 Å². The smallest absolute Gasteiger partial charge is 0.250 e. The molecule has 3 N–H and O–H groups in total. The van der Waals surface area contributed by atoms with Gasteiger partial charge in [0.2, 0.25) is 0 Å². The van der Waals surface area contributed by atoms with Crippen LogP contribution in [0.15, 0.2) is 0 Å². The Morgan fingerprint density at radius 3 is 3.00 bits per heavy atom. The highest BCUT2D eigenvalue weighted by molar-refractivity contribution is 5.81. The highest BCUT2D eigenvalue weighted by Gasteiger charge is 2.22. The van der Waals surface area contributed by atoms with Gasteiger partial charge in [-0.25, -0.2) is 0 Å². The van der Waals surface area contributed by atoms with Crippen LogP contribution in [-0.2, 0) is 9.53 Å². The van der Waals surface area contributed by atoms with Gasteiger partial charge in [0.05, 0.1) is 12.7 Å². The summed E-state index contributed by atoms with van der Waals surface area (Å²) >= 11 is 0. The molecule has 3 unspecified atom stereocenters. The lowest BCUT2D eigenvalue weighted by molar-refractivity contribution is -0.134. The maximum atomic E-state index is 11.6. The number of carbonyl (C=O) groups excluding carboxylic acids is 1. The third-order valence-corrected chi connectivity index (χ3v) is 3.01. The average Bonchev–Trinajstić information content (AvgIpc) is 2.35. The Bertz CT molecular complexity index is 217. The minimum atomic E-state index is -0.481. The fourth-order valence-corrected chi connectivity index (χ4v) is 1.53. The molecule has 0 saturated carbocycles. The molecule has 0 aromatic carbocycles. The monoisotopic (exact) mass is 230 g/mol. The molecule has 5 nitrogen and oxygen atoms in total. The van der Waals surface area contributed by atoms with E-state index in [1.54, 1.807) is 0 Å². The van der Waals surface area contributed by atoms with Crippen molar-refractivity contribution in [3.05, 3.63) is 0 Å². The molecule has 1 rings (SSSR count). The first-order valence-corrected chi connectivity index (χ1v) is 5.93. The van der Waals surface area contributed by atoms with Gasteiger partial charge in [0.15, 0.2) is 0 Å². The van der Waals surface area contributed by atoms with E-state index in [1.165, 1.54) is 0 Å². The molecule has 1 fully saturated rings. The second kappa shape index (κ2) is 6.83. The number of amides is 1. The van der Waals surface area contributed by atoms with Crippen molar-refractivity contribution in [2.45, 2.75) is 32.5 Å². The van der Waals surface area contributed by atoms with Crippen molar-refractivity contribution in [3.63, 3.8) is 0 Å². The number of carbonyl (C=O) groups is 1. The molecule has 0 radical (unpaired) electrons. The second-order valence-electron chi connectivity index (χ2n) is 4.26. The molecule has 16 heavy (non-hydrogen) atoms. The van der Waals surface area contributed by atoms with Gasteiger partial charge in [0, 0.05) is 19.6 Å². The van der Waals surface area contributed by atoms with Crippen LogP contribution < -0.4 is 10.6 Å². The van der Waals surface area contributed by atoms with E-state index in [1.807, 2.05) is 13.8 Å². The Balaban J connectivity index is 2.23. The predicted octanol–water partition coefficient (Wildman–Crippen LogP) is -0.502. The SMILES string of the molecule is CCC(C)C(O)CNC(=O)C1CNCCO1. The first kappa shape index (κ1) is 13.4. The number of aliphatic hydroxyl groups excluding tert-OH is 1. The van der Waals surface area contributed by atoms with E-state index >= 15 is 0 Å². The van der Waals surface area contributed by atoms with Crippen LogP contribution in [0.25, 0.3) is 0 Å². The van der Waals surface area contributed by atoms with Crippen molar-refractivity contribution in [2.24, 2.45) is 5.92 Å². The molecule has 1 amide bonds. The Morgan fingerprint density at radius 1 is 1.69 bits per heavy atom. The predicted molar refractivity (Wildman–Crippen MR) is 61.1 cm³/mol. The number of hydrogen-bond donors (Lipinski definition) is 3. The third kappa shape index (κ3) is 4.08. The molecular weight excluding hydrogens is 208 g/mol. The van der Waals surface area contributed by atoms with Gasteiger partial charge in [-0.3, -0.25) is 4.79 Å². The molecule has 0 aromatic rings. The lowest BCUT2D eigenvalue weighted by Crippen LogP contribution is -2.49. The van der Waals surface area contributed by atoms with Crippen LogP contribution in [0, 0.1) is 5.92 Å². The Hall–Kier alpha value is -0.650. The molecule has 0 aliphatic carbocycles. The van der Waals surface area contributed by atoms with Crippen molar-refractivity contribution in [2.75, 3.05) is 26.2 Å². The number of morpholine rings is 1. The van der Waals surface area contributed by atoms with Crippen LogP contribution >= 0.6 is 0 Å². The first-order valence-electron chi connectivity index (χ1n) is 5.93. The molecule has 1 heterocycles. The van der Waals surface area contributed by atoms with E-state index in [2.05, 4.69) is 10.6 Å². The van der Waals surface area contributed by atoms with E-state index in [0.29, 0.717) is 19.7 Å². The molecule has 1 aliphatic rings. The number of aliphatic hydroxyl groups is 1. The Morgan fingerprint density at radius 2 is 2.44 bits per heavy atom.